The molecule has 0 unspecified atom stereocenters. The maximum atomic E-state index is 13.0. The third kappa shape index (κ3) is 3.77. The second kappa shape index (κ2) is 7.44. The van der Waals surface area contributed by atoms with E-state index in [1.165, 1.54) is 12.1 Å². The molecule has 0 aliphatic carbocycles. The van der Waals surface area contributed by atoms with Crippen molar-refractivity contribution in [1.29, 1.82) is 0 Å². The molecule has 0 heterocycles. The van der Waals surface area contributed by atoms with E-state index in [0.29, 0.717) is 5.56 Å². The second-order valence-corrected chi connectivity index (χ2v) is 6.56. The minimum absolute atomic E-state index is 0.0477. The van der Waals surface area contributed by atoms with Crippen molar-refractivity contribution in [2.75, 3.05) is 0 Å². The summed E-state index contributed by atoms with van der Waals surface area (Å²) in [4.78, 5) is 0. The van der Waals surface area contributed by atoms with E-state index in [-0.39, 0.29) is 23.2 Å². The highest BCUT2D eigenvalue weighted by Crippen LogP contribution is 2.41. The van der Waals surface area contributed by atoms with Gasteiger partial charge in [0.1, 0.15) is 17.3 Å². The minimum atomic E-state index is -0.263. The number of phenolic OH excluding ortho intramolecular Hbond substituents is 2. The van der Waals surface area contributed by atoms with Gasteiger partial charge in [0.05, 0.1) is 5.56 Å². The molecule has 0 fully saturated rings. The molecule has 0 aliphatic rings. The van der Waals surface area contributed by atoms with Gasteiger partial charge in [0.2, 0.25) is 0 Å². The highest BCUT2D eigenvalue weighted by Gasteiger charge is 2.16. The smallest absolute Gasteiger partial charge is 0.127 e. The zero-order chi connectivity index (χ0) is 18.7. The molecule has 0 spiro atoms. The van der Waals surface area contributed by atoms with Gasteiger partial charge >= 0.3 is 0 Å². The Morgan fingerprint density at radius 1 is 0.808 bits per heavy atom. The van der Waals surface area contributed by atoms with Gasteiger partial charge in [0, 0.05) is 0 Å². The van der Waals surface area contributed by atoms with E-state index in [0.717, 1.165) is 22.3 Å². The summed E-state index contributed by atoms with van der Waals surface area (Å²) in [5.74, 6) is 0.0676. The van der Waals surface area contributed by atoms with Crippen molar-refractivity contribution in [2.24, 2.45) is 0 Å². The van der Waals surface area contributed by atoms with Crippen molar-refractivity contribution < 1.29 is 14.6 Å². The lowest BCUT2D eigenvalue weighted by atomic mass is 9.90. The average Bonchev–Trinajstić information content (AvgIpc) is 2.61. The molecule has 3 aromatic carbocycles. The molecule has 2 N–H and O–H groups in total. The van der Waals surface area contributed by atoms with Crippen molar-refractivity contribution in [3.05, 3.63) is 83.2 Å². The van der Waals surface area contributed by atoms with Crippen LogP contribution in [-0.4, -0.2) is 10.2 Å². The summed E-state index contributed by atoms with van der Waals surface area (Å²) in [6.45, 7) is 4.15. The lowest BCUT2D eigenvalue weighted by Crippen LogP contribution is -1.94. The van der Waals surface area contributed by atoms with Crippen LogP contribution < -0.4 is 0 Å². The van der Waals surface area contributed by atoms with Crippen LogP contribution in [0.25, 0.3) is 23.3 Å². The second-order valence-electron chi connectivity index (χ2n) is 6.56. The van der Waals surface area contributed by atoms with Gasteiger partial charge in [-0.3, -0.25) is 0 Å². The van der Waals surface area contributed by atoms with E-state index in [1.54, 1.807) is 30.3 Å². The fraction of sp³-hybridized carbons (Fsp3) is 0.130. The maximum absolute atomic E-state index is 13.0. The van der Waals surface area contributed by atoms with Crippen LogP contribution in [0.5, 0.6) is 11.5 Å². The SMILES string of the molecule is CC(C)c1ccc(/C=C/c2ccc(F)cc2)cc1-c1c(O)cccc1O. The summed E-state index contributed by atoms with van der Waals surface area (Å²) >= 11 is 0. The largest absolute Gasteiger partial charge is 0.507 e. The average molecular weight is 348 g/mol. The third-order valence-corrected chi connectivity index (χ3v) is 4.33. The number of aromatic hydroxyl groups is 2. The van der Waals surface area contributed by atoms with E-state index in [1.807, 2.05) is 30.4 Å². The zero-order valence-corrected chi connectivity index (χ0v) is 14.8. The number of hydrogen-bond donors (Lipinski definition) is 2. The molecule has 132 valence electrons. The van der Waals surface area contributed by atoms with Gasteiger partial charge in [-0.1, -0.05) is 56.3 Å². The number of rotatable bonds is 4. The minimum Gasteiger partial charge on any atom is -0.507 e. The Bertz CT molecular complexity index is 921. The van der Waals surface area contributed by atoms with E-state index < -0.39 is 0 Å². The molecule has 0 radical (unpaired) electrons. The monoisotopic (exact) mass is 348 g/mol. The molecule has 0 amide bonds. The first-order valence-electron chi connectivity index (χ1n) is 8.54. The van der Waals surface area contributed by atoms with Crippen LogP contribution in [-0.2, 0) is 0 Å². The van der Waals surface area contributed by atoms with E-state index in [4.69, 9.17) is 0 Å². The van der Waals surface area contributed by atoms with E-state index in [9.17, 15) is 14.6 Å². The van der Waals surface area contributed by atoms with Crippen molar-refractivity contribution >= 4 is 12.2 Å². The molecule has 0 atom stereocenters. The van der Waals surface area contributed by atoms with Crippen LogP contribution >= 0.6 is 0 Å². The van der Waals surface area contributed by atoms with E-state index >= 15 is 0 Å². The van der Waals surface area contributed by atoms with Crippen LogP contribution in [0, 0.1) is 5.82 Å². The predicted octanol–water partition coefficient (Wildman–Crippen LogP) is 6.20. The number of halogens is 1. The standard InChI is InChI=1S/C23H21FO2/c1-15(2)19-13-10-17(7-6-16-8-11-18(24)12-9-16)14-20(19)23-21(25)4-3-5-22(23)26/h3-15,25-26H,1-2H3/b7-6+. The summed E-state index contributed by atoms with van der Waals surface area (Å²) in [5, 5.41) is 20.5. The Kier molecular flexibility index (Phi) is 5.08. The first kappa shape index (κ1) is 17.7. The molecule has 0 bridgehead atoms. The molecule has 3 heteroatoms. The normalized spacial score (nSPS) is 11.4. The summed E-state index contributed by atoms with van der Waals surface area (Å²) in [6, 6.07) is 17.0. The molecular formula is C23H21FO2. The van der Waals surface area contributed by atoms with Gasteiger partial charge in [-0.05, 0) is 58.5 Å². The van der Waals surface area contributed by atoms with Gasteiger partial charge < -0.3 is 10.2 Å². The topological polar surface area (TPSA) is 40.5 Å². The molecule has 2 nitrogen and oxygen atoms in total. The van der Waals surface area contributed by atoms with Crippen molar-refractivity contribution in [2.45, 2.75) is 19.8 Å². The number of benzene rings is 3. The fourth-order valence-electron chi connectivity index (χ4n) is 2.97. The Balaban J connectivity index is 2.06. The quantitative estimate of drug-likeness (QED) is 0.551. The van der Waals surface area contributed by atoms with Crippen LogP contribution in [0.2, 0.25) is 0 Å². The molecule has 3 aromatic rings. The first-order chi connectivity index (χ1) is 12.5. The Hall–Kier alpha value is -3.07. The fourth-order valence-corrected chi connectivity index (χ4v) is 2.97. The van der Waals surface area contributed by atoms with Crippen LogP contribution in [0.15, 0.2) is 60.7 Å². The highest BCUT2D eigenvalue weighted by molar-refractivity contribution is 5.82. The molecular weight excluding hydrogens is 327 g/mol. The summed E-state index contributed by atoms with van der Waals surface area (Å²) in [5.41, 5.74) is 4.11. The Labute approximate surface area is 152 Å². The zero-order valence-electron chi connectivity index (χ0n) is 14.8. The first-order valence-corrected chi connectivity index (χ1v) is 8.54. The molecule has 0 aliphatic heterocycles. The molecule has 0 saturated heterocycles. The van der Waals surface area contributed by atoms with Crippen LogP contribution in [0.1, 0.15) is 36.5 Å². The van der Waals surface area contributed by atoms with Gasteiger partial charge in [0.15, 0.2) is 0 Å². The number of phenols is 2. The predicted molar refractivity (Wildman–Crippen MR) is 105 cm³/mol. The summed E-state index contributed by atoms with van der Waals surface area (Å²) in [6.07, 6.45) is 3.83. The third-order valence-electron chi connectivity index (χ3n) is 4.33. The van der Waals surface area contributed by atoms with Gasteiger partial charge in [-0.15, -0.1) is 0 Å². The molecule has 3 rings (SSSR count). The van der Waals surface area contributed by atoms with Crippen molar-refractivity contribution in [1.82, 2.24) is 0 Å². The summed E-state index contributed by atoms with van der Waals surface area (Å²) in [7, 11) is 0. The van der Waals surface area contributed by atoms with E-state index in [2.05, 4.69) is 13.8 Å². The van der Waals surface area contributed by atoms with Crippen molar-refractivity contribution in [3.63, 3.8) is 0 Å². The molecule has 26 heavy (non-hydrogen) atoms. The maximum Gasteiger partial charge on any atom is 0.127 e. The lowest BCUT2D eigenvalue weighted by molar-refractivity contribution is 0.454. The molecule has 0 aromatic heterocycles. The molecule has 0 saturated carbocycles. The lowest BCUT2D eigenvalue weighted by Gasteiger charge is -2.16. The van der Waals surface area contributed by atoms with Crippen LogP contribution in [0.4, 0.5) is 4.39 Å². The van der Waals surface area contributed by atoms with Gasteiger partial charge in [-0.2, -0.15) is 0 Å². The van der Waals surface area contributed by atoms with Gasteiger partial charge in [-0.25, -0.2) is 4.39 Å². The van der Waals surface area contributed by atoms with Crippen molar-refractivity contribution in [3.8, 4) is 22.6 Å². The summed E-state index contributed by atoms with van der Waals surface area (Å²) < 4.78 is 13.0. The Morgan fingerprint density at radius 2 is 1.38 bits per heavy atom. The van der Waals surface area contributed by atoms with Gasteiger partial charge in [0.25, 0.3) is 0 Å². The van der Waals surface area contributed by atoms with Crippen LogP contribution in [0.3, 0.4) is 0 Å². The highest BCUT2D eigenvalue weighted by atomic mass is 19.1. The Morgan fingerprint density at radius 3 is 2.00 bits per heavy atom. The number of hydrogen-bond acceptors (Lipinski definition) is 2.